The van der Waals surface area contributed by atoms with Crippen molar-refractivity contribution in [3.63, 3.8) is 0 Å². The van der Waals surface area contributed by atoms with Crippen LogP contribution >= 0.6 is 0 Å². The van der Waals surface area contributed by atoms with Crippen LogP contribution in [0.25, 0.3) is 0 Å². The number of nitrogens with one attached hydrogen (secondary N) is 1. The Morgan fingerprint density at radius 2 is 2.18 bits per heavy atom. The molecule has 0 aromatic heterocycles. The van der Waals surface area contributed by atoms with Gasteiger partial charge < -0.3 is 11.5 Å². The van der Waals surface area contributed by atoms with E-state index in [2.05, 4.69) is 44.3 Å². The second kappa shape index (κ2) is 6.06. The van der Waals surface area contributed by atoms with Crippen LogP contribution in [0.1, 0.15) is 38.3 Å². The van der Waals surface area contributed by atoms with Gasteiger partial charge in [-0.3, -0.25) is 0 Å². The number of rotatable bonds is 3. The normalized spacial score (nSPS) is 19.8. The van der Waals surface area contributed by atoms with Gasteiger partial charge in [-0.1, -0.05) is 45.4 Å². The minimum Gasteiger partial charge on any atom is -0.384 e. The second-order valence-electron chi connectivity index (χ2n) is 5.36. The molecular formula is C15H26N2. The molecule has 1 heterocycles. The van der Waals surface area contributed by atoms with Gasteiger partial charge in [0.2, 0.25) is 0 Å². The molecule has 0 amide bonds. The van der Waals surface area contributed by atoms with Crippen molar-refractivity contribution in [2.24, 2.45) is 11.8 Å². The molecule has 1 aromatic carbocycles. The fraction of sp³-hybridized carbons (Fsp3) is 0.600. The predicted octanol–water partition coefficient (Wildman–Crippen LogP) is 4.04. The first-order chi connectivity index (χ1) is 7.70. The van der Waals surface area contributed by atoms with Crippen LogP contribution in [-0.2, 0) is 12.8 Å². The van der Waals surface area contributed by atoms with Crippen molar-refractivity contribution in [3.05, 3.63) is 29.3 Å². The zero-order chi connectivity index (χ0) is 11.5. The molecule has 0 bridgehead atoms. The van der Waals surface area contributed by atoms with Crippen molar-refractivity contribution in [2.45, 2.75) is 40.0 Å². The molecule has 2 heteroatoms. The van der Waals surface area contributed by atoms with Gasteiger partial charge in [0.05, 0.1) is 0 Å². The molecule has 96 valence electrons. The molecular weight excluding hydrogens is 208 g/mol. The van der Waals surface area contributed by atoms with Crippen LogP contribution < -0.4 is 11.5 Å². The van der Waals surface area contributed by atoms with Gasteiger partial charge in [0, 0.05) is 12.2 Å². The Morgan fingerprint density at radius 3 is 2.88 bits per heavy atom. The van der Waals surface area contributed by atoms with Crippen molar-refractivity contribution in [3.8, 4) is 0 Å². The Labute approximate surface area is 105 Å². The summed E-state index contributed by atoms with van der Waals surface area (Å²) in [6.45, 7) is 8.06. The maximum Gasteiger partial charge on any atom is 0.0405 e. The van der Waals surface area contributed by atoms with Crippen LogP contribution in [0.2, 0.25) is 0 Å². The molecule has 0 radical (unpaired) electrons. The third-order valence-electron chi connectivity index (χ3n) is 3.70. The minimum absolute atomic E-state index is 0. The van der Waals surface area contributed by atoms with E-state index in [0.29, 0.717) is 0 Å². The molecule has 2 rings (SSSR count). The molecule has 0 fully saturated rings. The Kier molecular flexibility index (Phi) is 5.01. The van der Waals surface area contributed by atoms with E-state index in [1.165, 1.54) is 36.1 Å². The number of anilines is 1. The van der Waals surface area contributed by atoms with Gasteiger partial charge in [0.25, 0.3) is 0 Å². The van der Waals surface area contributed by atoms with E-state index in [0.717, 1.165) is 18.4 Å². The van der Waals surface area contributed by atoms with Crippen molar-refractivity contribution in [1.82, 2.24) is 6.15 Å². The highest BCUT2D eigenvalue weighted by Gasteiger charge is 2.17. The van der Waals surface area contributed by atoms with E-state index in [1.807, 2.05) is 0 Å². The highest BCUT2D eigenvalue weighted by molar-refractivity contribution is 5.59. The third-order valence-corrected chi connectivity index (χ3v) is 3.70. The first-order valence-corrected chi connectivity index (χ1v) is 6.55. The van der Waals surface area contributed by atoms with Crippen LogP contribution in [0, 0.1) is 11.8 Å². The van der Waals surface area contributed by atoms with Gasteiger partial charge in [-0.2, -0.15) is 0 Å². The maximum atomic E-state index is 3.61. The summed E-state index contributed by atoms with van der Waals surface area (Å²) in [7, 11) is 0. The molecule has 2 nitrogen and oxygen atoms in total. The smallest absolute Gasteiger partial charge is 0.0405 e. The Hall–Kier alpha value is -1.02. The van der Waals surface area contributed by atoms with Crippen molar-refractivity contribution >= 4 is 5.69 Å². The summed E-state index contributed by atoms with van der Waals surface area (Å²) in [6, 6.07) is 6.78. The van der Waals surface area contributed by atoms with Crippen LogP contribution in [0.15, 0.2) is 18.2 Å². The van der Waals surface area contributed by atoms with Crippen LogP contribution in [0.4, 0.5) is 5.69 Å². The van der Waals surface area contributed by atoms with E-state index in [1.54, 1.807) is 0 Å². The van der Waals surface area contributed by atoms with Gasteiger partial charge in [-0.05, 0) is 35.8 Å². The lowest BCUT2D eigenvalue weighted by atomic mass is 9.90. The number of para-hydroxylation sites is 1. The second-order valence-corrected chi connectivity index (χ2v) is 5.36. The van der Waals surface area contributed by atoms with Gasteiger partial charge in [0.1, 0.15) is 0 Å². The largest absolute Gasteiger partial charge is 0.384 e. The highest BCUT2D eigenvalue weighted by atomic mass is 14.9. The predicted molar refractivity (Wildman–Crippen MR) is 76.0 cm³/mol. The first kappa shape index (κ1) is 14.0. The standard InChI is InChI=1S/C15H23N.H3N/c1-4-11(2)8-13-6-5-7-14-9-12(3)10-16-15(13)14;/h5-7,11-12,16H,4,8-10H2,1-3H3;1H3. The molecule has 0 spiro atoms. The lowest BCUT2D eigenvalue weighted by Gasteiger charge is -2.26. The number of hydrogen-bond donors (Lipinski definition) is 2. The van der Waals surface area contributed by atoms with Gasteiger partial charge in [-0.15, -0.1) is 0 Å². The lowest BCUT2D eigenvalue weighted by Crippen LogP contribution is -2.22. The summed E-state index contributed by atoms with van der Waals surface area (Å²) in [5, 5.41) is 3.61. The zero-order valence-electron chi connectivity index (χ0n) is 11.4. The molecule has 17 heavy (non-hydrogen) atoms. The van der Waals surface area contributed by atoms with Gasteiger partial charge >= 0.3 is 0 Å². The van der Waals surface area contributed by atoms with E-state index < -0.39 is 0 Å². The Bertz CT molecular complexity index is 360. The van der Waals surface area contributed by atoms with Crippen LogP contribution in [0.3, 0.4) is 0 Å². The Balaban J connectivity index is 0.00000144. The summed E-state index contributed by atoms with van der Waals surface area (Å²) in [6.07, 6.45) is 3.71. The SMILES string of the molecule is CCC(C)Cc1cccc2c1NCC(C)C2.N. The minimum atomic E-state index is 0. The molecule has 1 aliphatic rings. The maximum absolute atomic E-state index is 3.61. The number of hydrogen-bond acceptors (Lipinski definition) is 2. The van der Waals surface area contributed by atoms with Crippen molar-refractivity contribution in [1.29, 1.82) is 0 Å². The highest BCUT2D eigenvalue weighted by Crippen LogP contribution is 2.30. The first-order valence-electron chi connectivity index (χ1n) is 6.55. The van der Waals surface area contributed by atoms with E-state index in [-0.39, 0.29) is 6.15 Å². The molecule has 0 saturated carbocycles. The lowest BCUT2D eigenvalue weighted by molar-refractivity contribution is 0.555. The quantitative estimate of drug-likeness (QED) is 0.829. The van der Waals surface area contributed by atoms with Crippen LogP contribution in [-0.4, -0.2) is 6.54 Å². The molecule has 1 aromatic rings. The fourth-order valence-electron chi connectivity index (χ4n) is 2.46. The van der Waals surface area contributed by atoms with Gasteiger partial charge in [0.15, 0.2) is 0 Å². The number of fused-ring (bicyclic) bond motifs is 1. The van der Waals surface area contributed by atoms with Crippen LogP contribution in [0.5, 0.6) is 0 Å². The Morgan fingerprint density at radius 1 is 1.41 bits per heavy atom. The molecule has 0 saturated heterocycles. The van der Waals surface area contributed by atoms with E-state index in [4.69, 9.17) is 0 Å². The summed E-state index contributed by atoms with van der Waals surface area (Å²) >= 11 is 0. The van der Waals surface area contributed by atoms with Crippen molar-refractivity contribution < 1.29 is 0 Å². The summed E-state index contributed by atoms with van der Waals surface area (Å²) in [5.41, 5.74) is 4.46. The van der Waals surface area contributed by atoms with Gasteiger partial charge in [-0.25, -0.2) is 0 Å². The molecule has 2 atom stereocenters. The average molecular weight is 234 g/mol. The third kappa shape index (κ3) is 3.22. The number of benzene rings is 1. The zero-order valence-corrected chi connectivity index (χ0v) is 11.4. The average Bonchev–Trinajstić information content (AvgIpc) is 2.28. The van der Waals surface area contributed by atoms with E-state index in [9.17, 15) is 0 Å². The molecule has 4 N–H and O–H groups in total. The van der Waals surface area contributed by atoms with E-state index >= 15 is 0 Å². The summed E-state index contributed by atoms with van der Waals surface area (Å²) < 4.78 is 0. The topological polar surface area (TPSA) is 47.0 Å². The summed E-state index contributed by atoms with van der Waals surface area (Å²) in [4.78, 5) is 0. The van der Waals surface area contributed by atoms with Crippen molar-refractivity contribution in [2.75, 3.05) is 11.9 Å². The monoisotopic (exact) mass is 234 g/mol. The molecule has 1 aliphatic heterocycles. The fourth-order valence-corrected chi connectivity index (χ4v) is 2.46. The summed E-state index contributed by atoms with van der Waals surface area (Å²) in [5.74, 6) is 1.55. The molecule has 2 unspecified atom stereocenters. The molecule has 0 aliphatic carbocycles.